The second kappa shape index (κ2) is 8.42. The highest BCUT2D eigenvalue weighted by atomic mass is 16.5. The Kier molecular flexibility index (Phi) is 6.60. The molecule has 0 unspecified atom stereocenters. The molecule has 8 nitrogen and oxygen atoms in total. The van der Waals surface area contributed by atoms with E-state index < -0.39 is 24.0 Å². The number of esters is 1. The third-order valence-electron chi connectivity index (χ3n) is 2.74. The Balaban J connectivity index is 2.75. The van der Waals surface area contributed by atoms with Gasteiger partial charge in [-0.25, -0.2) is 9.59 Å². The number of amides is 3. The summed E-state index contributed by atoms with van der Waals surface area (Å²) in [5.74, 6) is -0.442. The van der Waals surface area contributed by atoms with Crippen LogP contribution in [0.1, 0.15) is 12.5 Å². The first-order valence-electron chi connectivity index (χ1n) is 6.58. The van der Waals surface area contributed by atoms with E-state index in [1.165, 1.54) is 27.2 Å². The van der Waals surface area contributed by atoms with Crippen LogP contribution in [0.15, 0.2) is 24.3 Å². The number of rotatable bonds is 6. The van der Waals surface area contributed by atoms with E-state index in [1.54, 1.807) is 18.2 Å². The SMILES string of the molecule is COc1ccc(OC)c(/C=C/C(=O)O[C@H](C)C(=O)NC(N)=O)c1. The number of primary amides is 1. The number of hydrogen-bond acceptors (Lipinski definition) is 6. The van der Waals surface area contributed by atoms with Crippen LogP contribution in [-0.2, 0) is 14.3 Å². The maximum atomic E-state index is 11.7. The molecule has 0 aliphatic carbocycles. The lowest BCUT2D eigenvalue weighted by Gasteiger charge is -2.10. The van der Waals surface area contributed by atoms with Crippen LogP contribution in [0.4, 0.5) is 4.79 Å². The first-order valence-corrected chi connectivity index (χ1v) is 6.58. The highest BCUT2D eigenvalue weighted by Gasteiger charge is 2.17. The molecule has 0 saturated heterocycles. The Hall–Kier alpha value is -3.03. The van der Waals surface area contributed by atoms with Crippen molar-refractivity contribution in [2.24, 2.45) is 5.73 Å². The van der Waals surface area contributed by atoms with E-state index in [-0.39, 0.29) is 0 Å². The minimum atomic E-state index is -1.16. The van der Waals surface area contributed by atoms with Crippen LogP contribution < -0.4 is 20.5 Å². The number of benzene rings is 1. The summed E-state index contributed by atoms with van der Waals surface area (Å²) in [5.41, 5.74) is 5.40. The molecule has 124 valence electrons. The van der Waals surface area contributed by atoms with Gasteiger partial charge in [-0.2, -0.15) is 0 Å². The predicted molar refractivity (Wildman–Crippen MR) is 81.9 cm³/mol. The van der Waals surface area contributed by atoms with Crippen LogP contribution in [0.2, 0.25) is 0 Å². The normalized spacial score (nSPS) is 11.6. The van der Waals surface area contributed by atoms with E-state index in [0.29, 0.717) is 17.1 Å². The molecule has 1 atom stereocenters. The van der Waals surface area contributed by atoms with Crippen LogP contribution in [0, 0.1) is 0 Å². The summed E-state index contributed by atoms with van der Waals surface area (Å²) in [5, 5.41) is 1.82. The summed E-state index contributed by atoms with van der Waals surface area (Å²) in [4.78, 5) is 33.6. The Morgan fingerprint density at radius 3 is 2.48 bits per heavy atom. The number of nitrogens with one attached hydrogen (secondary N) is 1. The molecule has 0 bridgehead atoms. The van der Waals surface area contributed by atoms with Gasteiger partial charge in [-0.1, -0.05) is 0 Å². The van der Waals surface area contributed by atoms with Crippen molar-refractivity contribution in [3.63, 3.8) is 0 Å². The lowest BCUT2D eigenvalue weighted by atomic mass is 10.1. The fourth-order valence-corrected chi connectivity index (χ4v) is 1.62. The van der Waals surface area contributed by atoms with Crippen molar-refractivity contribution in [3.05, 3.63) is 29.8 Å². The van der Waals surface area contributed by atoms with Gasteiger partial charge in [-0.05, 0) is 31.2 Å². The second-order valence-electron chi connectivity index (χ2n) is 4.37. The van der Waals surface area contributed by atoms with E-state index in [1.807, 2.05) is 5.32 Å². The number of hydrogen-bond donors (Lipinski definition) is 2. The summed E-state index contributed by atoms with van der Waals surface area (Å²) in [6.45, 7) is 1.32. The fourth-order valence-electron chi connectivity index (χ4n) is 1.62. The van der Waals surface area contributed by atoms with Gasteiger partial charge >= 0.3 is 12.0 Å². The minimum Gasteiger partial charge on any atom is -0.497 e. The maximum Gasteiger partial charge on any atom is 0.331 e. The van der Waals surface area contributed by atoms with E-state index in [4.69, 9.17) is 19.9 Å². The van der Waals surface area contributed by atoms with Crippen molar-refractivity contribution in [1.82, 2.24) is 5.32 Å². The quantitative estimate of drug-likeness (QED) is 0.592. The molecule has 0 aromatic heterocycles. The molecule has 3 amide bonds. The van der Waals surface area contributed by atoms with Gasteiger partial charge < -0.3 is 19.9 Å². The molecule has 0 spiro atoms. The average Bonchev–Trinajstić information content (AvgIpc) is 2.51. The number of ether oxygens (including phenoxy) is 3. The number of carbonyl (C=O) groups is 3. The topological polar surface area (TPSA) is 117 Å². The highest BCUT2D eigenvalue weighted by molar-refractivity contribution is 5.97. The summed E-state index contributed by atoms with van der Waals surface area (Å²) in [7, 11) is 3.01. The summed E-state index contributed by atoms with van der Waals surface area (Å²) in [6.07, 6.45) is 1.43. The van der Waals surface area contributed by atoms with E-state index in [2.05, 4.69) is 0 Å². The molecule has 0 saturated carbocycles. The Morgan fingerprint density at radius 2 is 1.91 bits per heavy atom. The Labute approximate surface area is 133 Å². The number of carbonyl (C=O) groups excluding carboxylic acids is 3. The lowest BCUT2D eigenvalue weighted by Crippen LogP contribution is -2.42. The molecule has 0 aliphatic rings. The molecule has 3 N–H and O–H groups in total. The summed E-state index contributed by atoms with van der Waals surface area (Å²) in [6, 6.07) is 4.05. The van der Waals surface area contributed by atoms with Crippen molar-refractivity contribution in [2.45, 2.75) is 13.0 Å². The van der Waals surface area contributed by atoms with E-state index in [9.17, 15) is 14.4 Å². The second-order valence-corrected chi connectivity index (χ2v) is 4.37. The third kappa shape index (κ3) is 5.70. The molecule has 23 heavy (non-hydrogen) atoms. The molecule has 1 aromatic rings. The predicted octanol–water partition coefficient (Wildman–Crippen LogP) is 0.844. The van der Waals surface area contributed by atoms with Gasteiger partial charge in [0.15, 0.2) is 6.10 Å². The molecule has 0 aliphatic heterocycles. The third-order valence-corrected chi connectivity index (χ3v) is 2.74. The van der Waals surface area contributed by atoms with Crippen molar-refractivity contribution < 1.29 is 28.6 Å². The zero-order valence-corrected chi connectivity index (χ0v) is 13.0. The van der Waals surface area contributed by atoms with Gasteiger partial charge in [0.05, 0.1) is 14.2 Å². The van der Waals surface area contributed by atoms with Gasteiger partial charge in [0.1, 0.15) is 11.5 Å². The largest absolute Gasteiger partial charge is 0.497 e. The Morgan fingerprint density at radius 1 is 1.22 bits per heavy atom. The zero-order valence-electron chi connectivity index (χ0n) is 13.0. The first kappa shape index (κ1) is 18.0. The molecule has 0 heterocycles. The van der Waals surface area contributed by atoms with Crippen LogP contribution in [0.5, 0.6) is 11.5 Å². The van der Waals surface area contributed by atoms with Gasteiger partial charge in [-0.15, -0.1) is 0 Å². The number of nitrogens with two attached hydrogens (primary N) is 1. The van der Waals surface area contributed by atoms with Crippen molar-refractivity contribution >= 4 is 24.0 Å². The van der Waals surface area contributed by atoms with Crippen LogP contribution in [0.25, 0.3) is 6.08 Å². The molecular formula is C15H18N2O6. The van der Waals surface area contributed by atoms with Crippen LogP contribution in [-0.4, -0.2) is 38.2 Å². The lowest BCUT2D eigenvalue weighted by molar-refractivity contribution is -0.149. The standard InChI is InChI=1S/C15H18N2O6/c1-9(14(19)17-15(16)20)23-13(18)7-4-10-8-11(21-2)5-6-12(10)22-3/h4-9H,1-3H3,(H3,16,17,19,20)/b7-4+/t9-/m1/s1. The smallest absolute Gasteiger partial charge is 0.331 e. The van der Waals surface area contributed by atoms with Crippen LogP contribution >= 0.6 is 0 Å². The van der Waals surface area contributed by atoms with Crippen LogP contribution in [0.3, 0.4) is 0 Å². The molecule has 1 rings (SSSR count). The molecule has 0 radical (unpaired) electrons. The summed E-state index contributed by atoms with van der Waals surface area (Å²) < 4.78 is 15.1. The zero-order chi connectivity index (χ0) is 17.4. The van der Waals surface area contributed by atoms with Crippen molar-refractivity contribution in [1.29, 1.82) is 0 Å². The van der Waals surface area contributed by atoms with Gasteiger partial charge in [-0.3, -0.25) is 10.1 Å². The monoisotopic (exact) mass is 322 g/mol. The molecule has 8 heteroatoms. The number of imide groups is 1. The van der Waals surface area contributed by atoms with Gasteiger partial charge in [0, 0.05) is 11.6 Å². The van der Waals surface area contributed by atoms with E-state index >= 15 is 0 Å². The Bertz CT molecular complexity index is 626. The van der Waals surface area contributed by atoms with Crippen molar-refractivity contribution in [3.8, 4) is 11.5 Å². The van der Waals surface area contributed by atoms with E-state index in [0.717, 1.165) is 6.08 Å². The van der Waals surface area contributed by atoms with Crippen molar-refractivity contribution in [2.75, 3.05) is 14.2 Å². The molecular weight excluding hydrogens is 304 g/mol. The molecule has 1 aromatic carbocycles. The highest BCUT2D eigenvalue weighted by Crippen LogP contribution is 2.25. The number of methoxy groups -OCH3 is 2. The molecule has 0 fully saturated rings. The van der Waals surface area contributed by atoms with Gasteiger partial charge in [0.2, 0.25) is 0 Å². The maximum absolute atomic E-state index is 11.7. The first-order chi connectivity index (χ1) is 10.9. The number of urea groups is 1. The average molecular weight is 322 g/mol. The summed E-state index contributed by atoms with van der Waals surface area (Å²) >= 11 is 0. The minimum absolute atomic E-state index is 0.536. The fraction of sp³-hybridized carbons (Fsp3) is 0.267. The van der Waals surface area contributed by atoms with Gasteiger partial charge in [0.25, 0.3) is 5.91 Å².